The second-order valence-corrected chi connectivity index (χ2v) is 4.44. The lowest BCUT2D eigenvalue weighted by Gasteiger charge is -2.03. The van der Waals surface area contributed by atoms with Crippen LogP contribution in [0.2, 0.25) is 0 Å². The van der Waals surface area contributed by atoms with E-state index < -0.39 is 0 Å². The smallest absolute Gasteiger partial charge is 0.222 e. The summed E-state index contributed by atoms with van der Waals surface area (Å²) in [5.41, 5.74) is 4.18. The number of aryl methyl sites for hydroxylation is 2. The van der Waals surface area contributed by atoms with E-state index in [0.717, 1.165) is 19.4 Å². The van der Waals surface area contributed by atoms with Gasteiger partial charge in [-0.3, -0.25) is 4.79 Å². The van der Waals surface area contributed by atoms with Gasteiger partial charge < -0.3 is 4.90 Å². The maximum atomic E-state index is 10.5. The lowest BCUT2D eigenvalue weighted by atomic mass is 10.1. The molecule has 0 saturated carbocycles. The Morgan fingerprint density at radius 1 is 1.12 bits per heavy atom. The maximum Gasteiger partial charge on any atom is 0.222 e. The molecule has 16 heavy (non-hydrogen) atoms. The SMILES string of the molecule is CN1CCCC1=O.Cc1cccc(C)c1C. The molecule has 0 N–H and O–H groups in total. The number of carbonyl (C=O) groups is 1. The summed E-state index contributed by atoms with van der Waals surface area (Å²) in [4.78, 5) is 12.3. The van der Waals surface area contributed by atoms with E-state index in [1.807, 2.05) is 7.05 Å². The van der Waals surface area contributed by atoms with Crippen LogP contribution in [0.1, 0.15) is 29.5 Å². The molecule has 1 aliphatic rings. The van der Waals surface area contributed by atoms with Crippen LogP contribution in [0, 0.1) is 20.8 Å². The number of rotatable bonds is 0. The third-order valence-corrected chi connectivity index (χ3v) is 3.19. The van der Waals surface area contributed by atoms with E-state index >= 15 is 0 Å². The van der Waals surface area contributed by atoms with Crippen molar-refractivity contribution in [2.75, 3.05) is 13.6 Å². The van der Waals surface area contributed by atoms with Crippen molar-refractivity contribution >= 4 is 5.91 Å². The lowest BCUT2D eigenvalue weighted by Crippen LogP contribution is -2.17. The summed E-state index contributed by atoms with van der Waals surface area (Å²) in [5.74, 6) is 0.292. The van der Waals surface area contributed by atoms with Crippen LogP contribution in [0.3, 0.4) is 0 Å². The van der Waals surface area contributed by atoms with Gasteiger partial charge in [0.1, 0.15) is 0 Å². The van der Waals surface area contributed by atoms with Crippen molar-refractivity contribution in [2.24, 2.45) is 0 Å². The van der Waals surface area contributed by atoms with Crippen molar-refractivity contribution in [3.05, 3.63) is 34.9 Å². The number of hydrogen-bond donors (Lipinski definition) is 0. The van der Waals surface area contributed by atoms with Gasteiger partial charge >= 0.3 is 0 Å². The van der Waals surface area contributed by atoms with Crippen LogP contribution in [0.4, 0.5) is 0 Å². The Labute approximate surface area is 98.3 Å². The minimum atomic E-state index is 0.292. The van der Waals surface area contributed by atoms with Crippen LogP contribution in [0.15, 0.2) is 18.2 Å². The van der Waals surface area contributed by atoms with Gasteiger partial charge in [0.25, 0.3) is 0 Å². The summed E-state index contributed by atoms with van der Waals surface area (Å²) in [7, 11) is 1.84. The summed E-state index contributed by atoms with van der Waals surface area (Å²) in [5, 5.41) is 0. The largest absolute Gasteiger partial charge is 0.346 e. The second-order valence-electron chi connectivity index (χ2n) is 4.44. The first kappa shape index (κ1) is 12.8. The number of nitrogens with zero attached hydrogens (tertiary/aromatic N) is 1. The van der Waals surface area contributed by atoms with Gasteiger partial charge in [-0.05, 0) is 43.9 Å². The Balaban J connectivity index is 0.000000165. The molecule has 0 radical (unpaired) electrons. The maximum absolute atomic E-state index is 10.5. The fourth-order valence-corrected chi connectivity index (χ4v) is 1.68. The Kier molecular flexibility index (Phi) is 4.53. The standard InChI is InChI=1S/C9H12.C5H9NO/c1-7-5-4-6-8(2)9(7)3;1-6-4-2-3-5(6)7/h4-6H,1-3H3;2-4H2,1H3. The van der Waals surface area contributed by atoms with Crippen molar-refractivity contribution in [1.29, 1.82) is 0 Å². The zero-order valence-corrected chi connectivity index (χ0v) is 10.7. The van der Waals surface area contributed by atoms with Gasteiger partial charge in [0.2, 0.25) is 5.91 Å². The molecule has 1 aromatic carbocycles. The summed E-state index contributed by atoms with van der Waals surface area (Å²) >= 11 is 0. The van der Waals surface area contributed by atoms with Crippen molar-refractivity contribution in [3.8, 4) is 0 Å². The molecule has 88 valence electrons. The van der Waals surface area contributed by atoms with Crippen LogP contribution in [0.5, 0.6) is 0 Å². The van der Waals surface area contributed by atoms with Crippen LogP contribution in [0.25, 0.3) is 0 Å². The summed E-state index contributed by atoms with van der Waals surface area (Å²) in [6, 6.07) is 6.38. The monoisotopic (exact) mass is 219 g/mol. The van der Waals surface area contributed by atoms with E-state index in [0.29, 0.717) is 5.91 Å². The molecule has 1 fully saturated rings. The summed E-state index contributed by atoms with van der Waals surface area (Å²) in [6.07, 6.45) is 1.81. The van der Waals surface area contributed by atoms with E-state index in [4.69, 9.17) is 0 Å². The third-order valence-electron chi connectivity index (χ3n) is 3.19. The number of carbonyl (C=O) groups excluding carboxylic acids is 1. The average molecular weight is 219 g/mol. The lowest BCUT2D eigenvalue weighted by molar-refractivity contribution is -0.126. The third kappa shape index (κ3) is 3.37. The van der Waals surface area contributed by atoms with Gasteiger partial charge in [-0.1, -0.05) is 18.2 Å². The van der Waals surface area contributed by atoms with Crippen molar-refractivity contribution < 1.29 is 4.79 Å². The average Bonchev–Trinajstić information content (AvgIpc) is 2.61. The Morgan fingerprint density at radius 3 is 1.94 bits per heavy atom. The van der Waals surface area contributed by atoms with E-state index in [-0.39, 0.29) is 0 Å². The van der Waals surface area contributed by atoms with Crippen molar-refractivity contribution in [2.45, 2.75) is 33.6 Å². The first-order chi connectivity index (χ1) is 7.52. The fourth-order valence-electron chi connectivity index (χ4n) is 1.68. The number of likely N-dealkylation sites (tertiary alicyclic amines) is 1. The quantitative estimate of drug-likeness (QED) is 0.657. The molecule has 1 amide bonds. The minimum absolute atomic E-state index is 0.292. The van der Waals surface area contributed by atoms with Gasteiger partial charge in [-0.25, -0.2) is 0 Å². The van der Waals surface area contributed by atoms with Crippen LogP contribution >= 0.6 is 0 Å². The summed E-state index contributed by atoms with van der Waals surface area (Å²) < 4.78 is 0. The Bertz CT molecular complexity index is 351. The zero-order chi connectivity index (χ0) is 12.1. The minimum Gasteiger partial charge on any atom is -0.346 e. The van der Waals surface area contributed by atoms with Crippen molar-refractivity contribution in [3.63, 3.8) is 0 Å². The van der Waals surface area contributed by atoms with Gasteiger partial charge in [-0.2, -0.15) is 0 Å². The highest BCUT2D eigenvalue weighted by Gasteiger charge is 2.14. The molecule has 1 aromatic rings. The van der Waals surface area contributed by atoms with Crippen LogP contribution in [-0.4, -0.2) is 24.4 Å². The predicted octanol–water partition coefficient (Wildman–Crippen LogP) is 2.85. The predicted molar refractivity (Wildman–Crippen MR) is 67.5 cm³/mol. The fraction of sp³-hybridized carbons (Fsp3) is 0.500. The molecule has 0 atom stereocenters. The number of amides is 1. The molecule has 1 aliphatic heterocycles. The Hall–Kier alpha value is -1.31. The van der Waals surface area contributed by atoms with Gasteiger partial charge in [0.15, 0.2) is 0 Å². The highest BCUT2D eigenvalue weighted by atomic mass is 16.2. The zero-order valence-electron chi connectivity index (χ0n) is 10.7. The molecule has 1 saturated heterocycles. The molecular weight excluding hydrogens is 198 g/mol. The van der Waals surface area contributed by atoms with E-state index in [1.165, 1.54) is 16.7 Å². The molecule has 0 aromatic heterocycles. The molecule has 0 bridgehead atoms. The van der Waals surface area contributed by atoms with E-state index in [1.54, 1.807) is 4.90 Å². The van der Waals surface area contributed by atoms with Gasteiger partial charge in [0, 0.05) is 20.0 Å². The first-order valence-electron chi connectivity index (χ1n) is 5.79. The first-order valence-corrected chi connectivity index (χ1v) is 5.79. The molecule has 0 spiro atoms. The molecule has 2 rings (SSSR count). The van der Waals surface area contributed by atoms with Crippen LogP contribution in [-0.2, 0) is 4.79 Å². The summed E-state index contributed by atoms with van der Waals surface area (Å²) in [6.45, 7) is 7.40. The van der Waals surface area contributed by atoms with Crippen molar-refractivity contribution in [1.82, 2.24) is 4.90 Å². The second kappa shape index (κ2) is 5.69. The number of benzene rings is 1. The highest BCUT2D eigenvalue weighted by molar-refractivity contribution is 5.77. The number of hydrogen-bond acceptors (Lipinski definition) is 1. The molecule has 2 nitrogen and oxygen atoms in total. The van der Waals surface area contributed by atoms with Gasteiger partial charge in [-0.15, -0.1) is 0 Å². The van der Waals surface area contributed by atoms with E-state index in [2.05, 4.69) is 39.0 Å². The van der Waals surface area contributed by atoms with E-state index in [9.17, 15) is 4.79 Å². The topological polar surface area (TPSA) is 20.3 Å². The highest BCUT2D eigenvalue weighted by Crippen LogP contribution is 2.10. The Morgan fingerprint density at radius 2 is 1.69 bits per heavy atom. The van der Waals surface area contributed by atoms with Gasteiger partial charge in [0.05, 0.1) is 0 Å². The van der Waals surface area contributed by atoms with Crippen LogP contribution < -0.4 is 0 Å². The molecule has 2 heteroatoms. The molecule has 0 aliphatic carbocycles. The molecule has 1 heterocycles. The molecule has 0 unspecified atom stereocenters. The molecular formula is C14H21NO. The normalized spacial score (nSPS) is 14.8.